The van der Waals surface area contributed by atoms with E-state index in [2.05, 4.69) is 5.32 Å². The minimum atomic E-state index is -3.66. The van der Waals surface area contributed by atoms with Crippen molar-refractivity contribution in [1.82, 2.24) is 5.32 Å². The van der Waals surface area contributed by atoms with E-state index in [4.69, 9.17) is 0 Å². The van der Waals surface area contributed by atoms with Gasteiger partial charge in [-0.3, -0.25) is 9.10 Å². The van der Waals surface area contributed by atoms with E-state index >= 15 is 0 Å². The average Bonchev–Trinajstić information content (AvgIpc) is 2.62. The molecule has 3 rings (SSSR count). The van der Waals surface area contributed by atoms with Gasteiger partial charge < -0.3 is 5.32 Å². The number of sulfonamides is 1. The number of hydrogen-bond acceptors (Lipinski definition) is 3. The number of carbonyl (C=O) groups is 1. The highest BCUT2D eigenvalue weighted by atomic mass is 32.2. The van der Waals surface area contributed by atoms with Crippen LogP contribution in [0.5, 0.6) is 0 Å². The molecule has 0 saturated heterocycles. The Hall–Kier alpha value is -2.08. The van der Waals surface area contributed by atoms with Crippen molar-refractivity contribution in [2.24, 2.45) is 0 Å². The topological polar surface area (TPSA) is 66.5 Å². The van der Waals surface area contributed by atoms with E-state index < -0.39 is 10.0 Å². The molecule has 0 bridgehead atoms. The van der Waals surface area contributed by atoms with Gasteiger partial charge in [0.15, 0.2) is 0 Å². The number of amides is 1. The zero-order valence-electron chi connectivity index (χ0n) is 11.8. The van der Waals surface area contributed by atoms with Crippen molar-refractivity contribution < 1.29 is 13.2 Å². The Kier molecular flexibility index (Phi) is 3.13. The zero-order chi connectivity index (χ0) is 15.2. The third kappa shape index (κ3) is 2.15. The van der Waals surface area contributed by atoms with E-state index in [9.17, 15) is 13.2 Å². The lowest BCUT2D eigenvalue weighted by Gasteiger charge is -2.19. The molecule has 110 valence electrons. The lowest BCUT2D eigenvalue weighted by Crippen LogP contribution is -2.41. The molecule has 6 heteroatoms. The van der Waals surface area contributed by atoms with Gasteiger partial charge in [-0.05, 0) is 31.4 Å². The first kappa shape index (κ1) is 13.9. The molecular weight excluding hydrogens is 288 g/mol. The van der Waals surface area contributed by atoms with Crippen LogP contribution < -0.4 is 9.62 Å². The van der Waals surface area contributed by atoms with Crippen LogP contribution >= 0.6 is 0 Å². The number of benzene rings is 2. The molecule has 0 fully saturated rings. The summed E-state index contributed by atoms with van der Waals surface area (Å²) in [6.07, 6.45) is 0. The summed E-state index contributed by atoms with van der Waals surface area (Å²) in [5.41, 5.74) is 0.571. The van der Waals surface area contributed by atoms with Gasteiger partial charge in [0.05, 0.1) is 10.6 Å². The molecule has 2 aromatic rings. The van der Waals surface area contributed by atoms with Gasteiger partial charge in [-0.25, -0.2) is 8.42 Å². The molecule has 1 aliphatic heterocycles. The van der Waals surface area contributed by atoms with Gasteiger partial charge in [0.2, 0.25) is 5.91 Å². The molecule has 5 nitrogen and oxygen atoms in total. The summed E-state index contributed by atoms with van der Waals surface area (Å²) in [6.45, 7) is 3.48. The van der Waals surface area contributed by atoms with Crippen molar-refractivity contribution in [2.45, 2.75) is 24.8 Å². The van der Waals surface area contributed by atoms with Crippen molar-refractivity contribution >= 4 is 32.4 Å². The molecule has 1 N–H and O–H groups in total. The summed E-state index contributed by atoms with van der Waals surface area (Å²) in [6, 6.07) is 10.6. The van der Waals surface area contributed by atoms with E-state index in [1.807, 2.05) is 26.0 Å². The third-order valence-electron chi connectivity index (χ3n) is 3.42. The van der Waals surface area contributed by atoms with Gasteiger partial charge in [0.25, 0.3) is 10.0 Å². The maximum atomic E-state index is 12.6. The van der Waals surface area contributed by atoms with Crippen molar-refractivity contribution in [3.8, 4) is 0 Å². The Labute approximate surface area is 123 Å². The second-order valence-corrected chi connectivity index (χ2v) is 7.20. The quantitative estimate of drug-likeness (QED) is 0.941. The predicted octanol–water partition coefficient (Wildman–Crippen LogP) is 1.87. The lowest BCUT2D eigenvalue weighted by molar-refractivity contribution is -0.120. The SMILES string of the molecule is CC(C)NC(=O)CN1c2cccc3cccc(c23)S1(=O)=O. The van der Waals surface area contributed by atoms with Crippen LogP contribution in [-0.2, 0) is 14.8 Å². The summed E-state index contributed by atoms with van der Waals surface area (Å²) < 4.78 is 26.4. The highest BCUT2D eigenvalue weighted by molar-refractivity contribution is 7.93. The monoisotopic (exact) mass is 304 g/mol. The molecule has 0 radical (unpaired) electrons. The Morgan fingerprint density at radius 3 is 2.52 bits per heavy atom. The van der Waals surface area contributed by atoms with Crippen molar-refractivity contribution in [2.75, 3.05) is 10.8 Å². The Bertz CT molecular complexity index is 823. The highest BCUT2D eigenvalue weighted by Gasteiger charge is 2.36. The molecule has 1 heterocycles. The van der Waals surface area contributed by atoms with Crippen LogP contribution in [0.15, 0.2) is 41.3 Å². The lowest BCUT2D eigenvalue weighted by atomic mass is 10.1. The van der Waals surface area contributed by atoms with Crippen molar-refractivity contribution in [1.29, 1.82) is 0 Å². The van der Waals surface area contributed by atoms with Crippen LogP contribution in [-0.4, -0.2) is 26.9 Å². The largest absolute Gasteiger partial charge is 0.352 e. The van der Waals surface area contributed by atoms with E-state index in [-0.39, 0.29) is 23.4 Å². The van der Waals surface area contributed by atoms with E-state index in [1.54, 1.807) is 24.3 Å². The minimum Gasteiger partial charge on any atom is -0.352 e. The number of anilines is 1. The van der Waals surface area contributed by atoms with Crippen LogP contribution in [0.3, 0.4) is 0 Å². The zero-order valence-corrected chi connectivity index (χ0v) is 12.6. The van der Waals surface area contributed by atoms with Crippen LogP contribution in [0.2, 0.25) is 0 Å². The van der Waals surface area contributed by atoms with Gasteiger partial charge in [-0.1, -0.05) is 24.3 Å². The van der Waals surface area contributed by atoms with Gasteiger partial charge in [-0.2, -0.15) is 0 Å². The number of rotatable bonds is 3. The Morgan fingerprint density at radius 2 is 1.86 bits per heavy atom. The normalized spacial score (nSPS) is 15.7. The minimum absolute atomic E-state index is 0.0269. The molecule has 0 spiro atoms. The molecule has 1 aliphatic rings. The van der Waals surface area contributed by atoms with Crippen molar-refractivity contribution in [3.05, 3.63) is 36.4 Å². The molecule has 2 aromatic carbocycles. The van der Waals surface area contributed by atoms with Crippen LogP contribution in [0.4, 0.5) is 5.69 Å². The van der Waals surface area contributed by atoms with E-state index in [1.165, 1.54) is 4.31 Å². The first-order valence-electron chi connectivity index (χ1n) is 6.75. The summed E-state index contributed by atoms with van der Waals surface area (Å²) in [4.78, 5) is 12.2. The van der Waals surface area contributed by atoms with Crippen LogP contribution in [0.25, 0.3) is 10.8 Å². The summed E-state index contributed by atoms with van der Waals surface area (Å²) in [7, 11) is -3.66. The van der Waals surface area contributed by atoms with Gasteiger partial charge >= 0.3 is 0 Å². The third-order valence-corrected chi connectivity index (χ3v) is 5.22. The fourth-order valence-electron chi connectivity index (χ4n) is 2.63. The second-order valence-electron chi connectivity index (χ2n) is 5.37. The maximum absolute atomic E-state index is 12.6. The predicted molar refractivity (Wildman–Crippen MR) is 81.8 cm³/mol. The first-order chi connectivity index (χ1) is 9.91. The molecule has 0 aliphatic carbocycles. The molecule has 0 unspecified atom stereocenters. The molecule has 0 saturated carbocycles. The Morgan fingerprint density at radius 1 is 1.19 bits per heavy atom. The van der Waals surface area contributed by atoms with E-state index in [0.29, 0.717) is 11.1 Å². The standard InChI is InChI=1S/C15H16N2O3S/c1-10(2)16-14(18)9-17-12-7-3-5-11-6-4-8-13(15(11)12)21(17,19)20/h3-8,10H,9H2,1-2H3,(H,16,18). The number of carbonyl (C=O) groups excluding carboxylic acids is 1. The highest BCUT2D eigenvalue weighted by Crippen LogP contribution is 2.41. The number of nitrogens with one attached hydrogen (secondary N) is 1. The van der Waals surface area contributed by atoms with Crippen LogP contribution in [0.1, 0.15) is 13.8 Å². The summed E-state index contributed by atoms with van der Waals surface area (Å²) >= 11 is 0. The van der Waals surface area contributed by atoms with Crippen molar-refractivity contribution in [3.63, 3.8) is 0 Å². The second kappa shape index (κ2) is 4.73. The van der Waals surface area contributed by atoms with Gasteiger partial charge in [0.1, 0.15) is 6.54 Å². The molecule has 1 amide bonds. The average molecular weight is 304 g/mol. The first-order valence-corrected chi connectivity index (χ1v) is 8.19. The summed E-state index contributed by atoms with van der Waals surface area (Å²) in [5, 5.41) is 4.27. The smallest absolute Gasteiger partial charge is 0.265 e. The molecule has 21 heavy (non-hydrogen) atoms. The molecule has 0 atom stereocenters. The maximum Gasteiger partial charge on any atom is 0.265 e. The fraction of sp³-hybridized carbons (Fsp3) is 0.267. The summed E-state index contributed by atoms with van der Waals surface area (Å²) in [5.74, 6) is -0.307. The molecular formula is C15H16N2O3S. The fourth-order valence-corrected chi connectivity index (χ4v) is 4.29. The van der Waals surface area contributed by atoms with E-state index in [0.717, 1.165) is 5.39 Å². The van der Waals surface area contributed by atoms with Gasteiger partial charge in [-0.15, -0.1) is 0 Å². The molecule has 0 aromatic heterocycles. The van der Waals surface area contributed by atoms with Crippen LogP contribution in [0, 0.1) is 0 Å². The number of nitrogens with zero attached hydrogens (tertiary/aromatic N) is 1. The van der Waals surface area contributed by atoms with Gasteiger partial charge in [0, 0.05) is 11.4 Å². The number of hydrogen-bond donors (Lipinski definition) is 1. The Balaban J connectivity index is 2.09.